The van der Waals surface area contributed by atoms with Gasteiger partial charge in [-0.05, 0) is 17.7 Å². The molecule has 1 amide bonds. The molecule has 0 fully saturated rings. The third kappa shape index (κ3) is 5.22. The first-order valence-corrected chi connectivity index (χ1v) is 8.53. The molecule has 0 spiro atoms. The zero-order valence-corrected chi connectivity index (χ0v) is 15.2. The van der Waals surface area contributed by atoms with E-state index < -0.39 is 28.7 Å². The Hall–Kier alpha value is -2.05. The standard InChI is InChI=1S/C19H20ClF3N2O/c1-12(2)24-11-16(13-7-4-3-5-8-13)25-18(26)14-9-6-10-15(17(14)20)19(21,22)23/h3-10,12,16,24H,11H2,1-2H3,(H,25,26)/t16-/m1/s1. The second-order valence-electron chi connectivity index (χ2n) is 6.16. The number of carbonyl (C=O) groups excluding carboxylic acids is 1. The van der Waals surface area contributed by atoms with Crippen molar-refractivity contribution in [3.63, 3.8) is 0 Å². The van der Waals surface area contributed by atoms with Crippen LogP contribution in [0.15, 0.2) is 48.5 Å². The molecule has 0 heterocycles. The molecule has 0 aromatic heterocycles. The molecule has 140 valence electrons. The zero-order chi connectivity index (χ0) is 19.3. The van der Waals surface area contributed by atoms with Gasteiger partial charge in [0, 0.05) is 12.6 Å². The molecule has 0 aliphatic heterocycles. The summed E-state index contributed by atoms with van der Waals surface area (Å²) in [5, 5.41) is 5.40. The van der Waals surface area contributed by atoms with Crippen LogP contribution in [-0.2, 0) is 6.18 Å². The van der Waals surface area contributed by atoms with Crippen molar-refractivity contribution in [1.29, 1.82) is 0 Å². The molecule has 1 atom stereocenters. The summed E-state index contributed by atoms with van der Waals surface area (Å²) >= 11 is 5.85. The lowest BCUT2D eigenvalue weighted by Crippen LogP contribution is -2.38. The van der Waals surface area contributed by atoms with Gasteiger partial charge in [-0.3, -0.25) is 4.79 Å². The van der Waals surface area contributed by atoms with E-state index in [1.54, 1.807) is 0 Å². The van der Waals surface area contributed by atoms with Gasteiger partial charge in [-0.1, -0.05) is 61.8 Å². The second kappa shape index (κ2) is 8.56. The van der Waals surface area contributed by atoms with E-state index in [-0.39, 0.29) is 11.6 Å². The number of benzene rings is 2. The minimum absolute atomic E-state index is 0.190. The fourth-order valence-electron chi connectivity index (χ4n) is 2.45. The van der Waals surface area contributed by atoms with Crippen LogP contribution in [0, 0.1) is 0 Å². The van der Waals surface area contributed by atoms with Gasteiger partial charge in [-0.2, -0.15) is 13.2 Å². The van der Waals surface area contributed by atoms with Crippen LogP contribution >= 0.6 is 11.6 Å². The lowest BCUT2D eigenvalue weighted by atomic mass is 10.0. The number of amides is 1. The van der Waals surface area contributed by atoms with E-state index in [0.29, 0.717) is 6.54 Å². The minimum Gasteiger partial charge on any atom is -0.344 e. The van der Waals surface area contributed by atoms with E-state index in [4.69, 9.17) is 11.6 Å². The second-order valence-corrected chi connectivity index (χ2v) is 6.54. The lowest BCUT2D eigenvalue weighted by molar-refractivity contribution is -0.137. The van der Waals surface area contributed by atoms with Crippen molar-refractivity contribution >= 4 is 17.5 Å². The van der Waals surface area contributed by atoms with Gasteiger partial charge in [0.05, 0.1) is 22.2 Å². The third-order valence-electron chi connectivity index (χ3n) is 3.79. The summed E-state index contributed by atoms with van der Waals surface area (Å²) in [6.07, 6.45) is -4.62. The Balaban J connectivity index is 2.27. The maximum Gasteiger partial charge on any atom is 0.417 e. The van der Waals surface area contributed by atoms with Gasteiger partial charge >= 0.3 is 6.18 Å². The number of hydrogen-bond acceptors (Lipinski definition) is 2. The maximum atomic E-state index is 13.0. The first-order valence-electron chi connectivity index (χ1n) is 8.15. The van der Waals surface area contributed by atoms with Crippen molar-refractivity contribution in [1.82, 2.24) is 10.6 Å². The highest BCUT2D eigenvalue weighted by Crippen LogP contribution is 2.36. The van der Waals surface area contributed by atoms with E-state index in [1.807, 2.05) is 44.2 Å². The fourth-order valence-corrected chi connectivity index (χ4v) is 2.77. The maximum absolute atomic E-state index is 13.0. The molecule has 3 nitrogen and oxygen atoms in total. The largest absolute Gasteiger partial charge is 0.417 e. The average molecular weight is 385 g/mol. The Bertz CT molecular complexity index is 748. The van der Waals surface area contributed by atoms with Crippen LogP contribution in [0.25, 0.3) is 0 Å². The highest BCUT2D eigenvalue weighted by atomic mass is 35.5. The Morgan fingerprint density at radius 2 is 1.73 bits per heavy atom. The van der Waals surface area contributed by atoms with Crippen LogP contribution < -0.4 is 10.6 Å². The molecule has 26 heavy (non-hydrogen) atoms. The first-order chi connectivity index (χ1) is 12.2. The number of nitrogens with one attached hydrogen (secondary N) is 2. The van der Waals surface area contributed by atoms with Gasteiger partial charge in [0.15, 0.2) is 0 Å². The van der Waals surface area contributed by atoms with Crippen LogP contribution in [0.4, 0.5) is 13.2 Å². The van der Waals surface area contributed by atoms with E-state index in [9.17, 15) is 18.0 Å². The highest BCUT2D eigenvalue weighted by Gasteiger charge is 2.34. The molecular weight excluding hydrogens is 365 g/mol. The lowest BCUT2D eigenvalue weighted by Gasteiger charge is -2.22. The van der Waals surface area contributed by atoms with Crippen molar-refractivity contribution in [3.8, 4) is 0 Å². The number of carbonyl (C=O) groups is 1. The quantitative estimate of drug-likeness (QED) is 0.749. The van der Waals surface area contributed by atoms with Crippen LogP contribution in [0.3, 0.4) is 0 Å². The smallest absolute Gasteiger partial charge is 0.344 e. The summed E-state index contributed by atoms with van der Waals surface area (Å²) in [6.45, 7) is 4.37. The molecule has 0 bridgehead atoms. The summed E-state index contributed by atoms with van der Waals surface area (Å²) in [5.74, 6) is -0.652. The van der Waals surface area contributed by atoms with Crippen molar-refractivity contribution in [2.45, 2.75) is 32.1 Å². The highest BCUT2D eigenvalue weighted by molar-refractivity contribution is 6.34. The zero-order valence-electron chi connectivity index (χ0n) is 14.4. The third-order valence-corrected chi connectivity index (χ3v) is 4.19. The normalized spacial score (nSPS) is 12.9. The number of halogens is 4. The summed E-state index contributed by atoms with van der Waals surface area (Å²) in [4.78, 5) is 12.6. The minimum atomic E-state index is -4.62. The molecule has 0 saturated heterocycles. The van der Waals surface area contributed by atoms with Gasteiger partial charge in [0.1, 0.15) is 0 Å². The summed E-state index contributed by atoms with van der Waals surface area (Å²) in [5.41, 5.74) is -0.382. The molecule has 0 saturated carbocycles. The Labute approximate surface area is 155 Å². The van der Waals surface area contributed by atoms with E-state index in [0.717, 1.165) is 11.6 Å². The Morgan fingerprint density at radius 3 is 2.31 bits per heavy atom. The van der Waals surface area contributed by atoms with Crippen LogP contribution in [0.1, 0.15) is 41.4 Å². The Morgan fingerprint density at radius 1 is 1.08 bits per heavy atom. The molecular formula is C19H20ClF3N2O. The molecule has 0 aliphatic carbocycles. The van der Waals surface area contributed by atoms with Gasteiger partial charge in [0.2, 0.25) is 0 Å². The van der Waals surface area contributed by atoms with Gasteiger partial charge in [-0.25, -0.2) is 0 Å². The SMILES string of the molecule is CC(C)NC[C@@H](NC(=O)c1cccc(C(F)(F)F)c1Cl)c1ccccc1. The first kappa shape index (κ1) is 20.3. The van der Waals surface area contributed by atoms with Gasteiger partial charge < -0.3 is 10.6 Å². The van der Waals surface area contributed by atoms with E-state index in [2.05, 4.69) is 10.6 Å². The predicted molar refractivity (Wildman–Crippen MR) is 96.2 cm³/mol. The molecule has 7 heteroatoms. The van der Waals surface area contributed by atoms with Gasteiger partial charge in [-0.15, -0.1) is 0 Å². The van der Waals surface area contributed by atoms with Crippen molar-refractivity contribution in [2.75, 3.05) is 6.54 Å². The predicted octanol–water partition coefficient (Wildman–Crippen LogP) is 4.83. The average Bonchev–Trinajstić information content (AvgIpc) is 2.58. The van der Waals surface area contributed by atoms with E-state index in [1.165, 1.54) is 12.1 Å². The molecule has 0 unspecified atom stereocenters. The summed E-state index contributed by atoms with van der Waals surface area (Å²) < 4.78 is 39.0. The van der Waals surface area contributed by atoms with Crippen LogP contribution in [0.2, 0.25) is 5.02 Å². The van der Waals surface area contributed by atoms with E-state index >= 15 is 0 Å². The Kier molecular flexibility index (Phi) is 6.67. The van der Waals surface area contributed by atoms with Crippen LogP contribution in [0.5, 0.6) is 0 Å². The fraction of sp³-hybridized carbons (Fsp3) is 0.316. The topological polar surface area (TPSA) is 41.1 Å². The van der Waals surface area contributed by atoms with Crippen molar-refractivity contribution in [3.05, 3.63) is 70.2 Å². The summed E-state index contributed by atoms with van der Waals surface area (Å²) in [7, 11) is 0. The van der Waals surface area contributed by atoms with Crippen molar-refractivity contribution in [2.24, 2.45) is 0 Å². The monoisotopic (exact) mass is 384 g/mol. The number of hydrogen-bond donors (Lipinski definition) is 2. The number of rotatable bonds is 6. The molecule has 2 N–H and O–H groups in total. The molecule has 0 radical (unpaired) electrons. The van der Waals surface area contributed by atoms with Crippen LogP contribution in [-0.4, -0.2) is 18.5 Å². The molecule has 2 aromatic carbocycles. The van der Waals surface area contributed by atoms with Crippen molar-refractivity contribution < 1.29 is 18.0 Å². The molecule has 0 aliphatic rings. The molecule has 2 aromatic rings. The number of alkyl halides is 3. The summed E-state index contributed by atoms with van der Waals surface area (Å²) in [6, 6.07) is 12.3. The molecule has 2 rings (SSSR count). The van der Waals surface area contributed by atoms with Gasteiger partial charge in [0.25, 0.3) is 5.91 Å².